The van der Waals surface area contributed by atoms with Gasteiger partial charge in [0.25, 0.3) is 0 Å². The van der Waals surface area contributed by atoms with E-state index in [1.165, 1.54) is 225 Å². The van der Waals surface area contributed by atoms with E-state index in [0.717, 1.165) is 70.6 Å². The van der Waals surface area contributed by atoms with Gasteiger partial charge in [-0.15, -0.1) is 0 Å². The van der Waals surface area contributed by atoms with E-state index in [2.05, 4.69) is 67.8 Å². The Morgan fingerprint density at radius 1 is 0.394 bits per heavy atom. The van der Waals surface area contributed by atoms with Crippen LogP contribution in [0.25, 0.3) is 0 Å². The van der Waals surface area contributed by atoms with Crippen molar-refractivity contribution in [2.24, 2.45) is 0 Å². The number of ether oxygens (including phenoxy) is 1. The maximum absolute atomic E-state index is 12.5. The lowest BCUT2D eigenvalue weighted by Gasteiger charge is -2.22. The van der Waals surface area contributed by atoms with Gasteiger partial charge in [0.05, 0.1) is 25.4 Å². The van der Waals surface area contributed by atoms with Crippen molar-refractivity contribution in [3.8, 4) is 0 Å². The molecule has 0 saturated heterocycles. The molecule has 6 nitrogen and oxygen atoms in total. The summed E-state index contributed by atoms with van der Waals surface area (Å²) in [6.07, 6.45) is 76.9. The highest BCUT2D eigenvalue weighted by atomic mass is 16.5. The van der Waals surface area contributed by atoms with Gasteiger partial charge in [-0.2, -0.15) is 0 Å². The summed E-state index contributed by atoms with van der Waals surface area (Å²) < 4.78 is 5.49. The molecule has 0 fully saturated rings. The fourth-order valence-electron chi connectivity index (χ4n) is 9.52. The maximum atomic E-state index is 12.5. The highest BCUT2D eigenvalue weighted by Gasteiger charge is 2.20. The Kier molecular flexibility index (Phi) is 58.5. The number of unbranched alkanes of at least 4 members (excludes halogenated alkanes) is 39. The molecule has 0 rings (SSSR count). The van der Waals surface area contributed by atoms with Gasteiger partial charge >= 0.3 is 5.97 Å². The van der Waals surface area contributed by atoms with Crippen LogP contribution in [0.2, 0.25) is 0 Å². The van der Waals surface area contributed by atoms with Crippen molar-refractivity contribution in [2.75, 3.05) is 13.2 Å². The fraction of sp³-hybridized carbons (Fsp3) is 0.846. The zero-order valence-corrected chi connectivity index (χ0v) is 47.5. The lowest BCUT2D eigenvalue weighted by Crippen LogP contribution is -2.45. The normalized spacial score (nSPS) is 12.9. The van der Waals surface area contributed by atoms with E-state index < -0.39 is 12.1 Å². The number of nitrogens with one attached hydrogen (secondary N) is 1. The summed E-state index contributed by atoms with van der Waals surface area (Å²) >= 11 is 0. The smallest absolute Gasteiger partial charge is 0.305 e. The van der Waals surface area contributed by atoms with E-state index in [-0.39, 0.29) is 18.5 Å². The molecule has 0 heterocycles. The van der Waals surface area contributed by atoms with Crippen LogP contribution in [0.4, 0.5) is 0 Å². The number of aliphatic hydroxyl groups excluding tert-OH is 2. The number of amides is 1. The van der Waals surface area contributed by atoms with Crippen molar-refractivity contribution in [1.29, 1.82) is 0 Å². The molecule has 0 aromatic carbocycles. The summed E-state index contributed by atoms with van der Waals surface area (Å²) in [6.45, 7) is 4.92. The highest BCUT2D eigenvalue weighted by molar-refractivity contribution is 5.76. The molecule has 6 heteroatoms. The molecule has 0 aliphatic rings. The molecule has 0 spiro atoms. The molecule has 0 radical (unpaired) electrons. The van der Waals surface area contributed by atoms with Gasteiger partial charge in [0.15, 0.2) is 0 Å². The SMILES string of the molecule is CCCCC/C=C\C/C=C\CCCCCCCCCCCC(=O)OCCCCCCCCCCC/C=C\C/C=C\CCCCCCCCCC(=O)NC(CO)C(O)CCCCCCCCCCCCCC. The van der Waals surface area contributed by atoms with Gasteiger partial charge in [0.2, 0.25) is 5.91 Å². The lowest BCUT2D eigenvalue weighted by atomic mass is 10.0. The average molecular weight is 997 g/mol. The molecule has 0 saturated carbocycles. The summed E-state index contributed by atoms with van der Waals surface area (Å²) in [5.41, 5.74) is 0. The first-order valence-corrected chi connectivity index (χ1v) is 31.4. The Hall–Kier alpha value is -2.18. The van der Waals surface area contributed by atoms with Crippen molar-refractivity contribution in [3.05, 3.63) is 48.6 Å². The molecule has 71 heavy (non-hydrogen) atoms. The fourth-order valence-corrected chi connectivity index (χ4v) is 9.52. The maximum Gasteiger partial charge on any atom is 0.305 e. The molecule has 0 aliphatic heterocycles. The number of hydrogen-bond donors (Lipinski definition) is 3. The van der Waals surface area contributed by atoms with Crippen LogP contribution in [-0.2, 0) is 14.3 Å². The van der Waals surface area contributed by atoms with Gasteiger partial charge in [0.1, 0.15) is 0 Å². The first kappa shape index (κ1) is 68.8. The van der Waals surface area contributed by atoms with Crippen molar-refractivity contribution < 1.29 is 24.5 Å². The molecule has 0 aromatic rings. The topological polar surface area (TPSA) is 95.9 Å². The molecule has 0 bridgehead atoms. The molecule has 0 aliphatic carbocycles. The van der Waals surface area contributed by atoms with E-state index >= 15 is 0 Å². The molecular weight excluding hydrogens is 875 g/mol. The Bertz CT molecular complexity index is 1190. The van der Waals surface area contributed by atoms with Crippen molar-refractivity contribution in [1.82, 2.24) is 5.32 Å². The Morgan fingerprint density at radius 2 is 0.704 bits per heavy atom. The van der Waals surface area contributed by atoms with Crippen LogP contribution in [0, 0.1) is 0 Å². The third-order valence-corrected chi connectivity index (χ3v) is 14.4. The van der Waals surface area contributed by atoms with Gasteiger partial charge in [0, 0.05) is 12.8 Å². The summed E-state index contributed by atoms with van der Waals surface area (Å²) in [5.74, 6) is -0.0429. The van der Waals surface area contributed by atoms with Crippen LogP contribution in [0.15, 0.2) is 48.6 Å². The Balaban J connectivity index is 3.43. The van der Waals surface area contributed by atoms with Gasteiger partial charge in [-0.1, -0.05) is 274 Å². The predicted octanol–water partition coefficient (Wildman–Crippen LogP) is 19.7. The van der Waals surface area contributed by atoms with E-state index in [1.54, 1.807) is 0 Å². The van der Waals surface area contributed by atoms with Crippen LogP contribution in [0.1, 0.15) is 328 Å². The first-order valence-electron chi connectivity index (χ1n) is 31.4. The van der Waals surface area contributed by atoms with Crippen LogP contribution in [-0.4, -0.2) is 47.4 Å². The van der Waals surface area contributed by atoms with Crippen molar-refractivity contribution >= 4 is 11.9 Å². The Morgan fingerprint density at radius 3 is 1.10 bits per heavy atom. The van der Waals surface area contributed by atoms with Gasteiger partial charge in [-0.3, -0.25) is 9.59 Å². The van der Waals surface area contributed by atoms with Crippen LogP contribution >= 0.6 is 0 Å². The second kappa shape index (κ2) is 60.4. The third kappa shape index (κ3) is 57.0. The minimum Gasteiger partial charge on any atom is -0.466 e. The van der Waals surface area contributed by atoms with E-state index in [4.69, 9.17) is 4.74 Å². The zero-order valence-electron chi connectivity index (χ0n) is 47.5. The van der Waals surface area contributed by atoms with Crippen molar-refractivity contribution in [3.63, 3.8) is 0 Å². The summed E-state index contributed by atoms with van der Waals surface area (Å²) in [5, 5.41) is 23.2. The molecule has 2 unspecified atom stereocenters. The number of carbonyl (C=O) groups excluding carboxylic acids is 2. The number of esters is 1. The summed E-state index contributed by atoms with van der Waals surface area (Å²) in [4.78, 5) is 24.5. The molecule has 1 amide bonds. The monoisotopic (exact) mass is 996 g/mol. The van der Waals surface area contributed by atoms with Crippen molar-refractivity contribution in [2.45, 2.75) is 341 Å². The number of allylic oxidation sites excluding steroid dienone is 8. The summed E-state index contributed by atoms with van der Waals surface area (Å²) in [7, 11) is 0. The standard InChI is InChI=1S/C65H121NO5/c1-3-5-7-9-11-13-15-17-18-19-25-29-32-35-39-43-47-51-55-59-65(70)71-60-56-52-48-44-40-36-33-30-27-24-22-20-21-23-26-28-31-34-38-42-46-50-54-58-64(69)66-62(61-67)63(68)57-53-49-45-41-37-16-14-12-10-8-6-4-2/h11,13,17-18,20,22-23,26,62-63,67-68H,3-10,12,14-16,19,21,24-25,27-61H2,1-2H3,(H,66,69)/b13-11-,18-17-,22-20-,26-23-. The largest absolute Gasteiger partial charge is 0.466 e. The lowest BCUT2D eigenvalue weighted by molar-refractivity contribution is -0.143. The van der Waals surface area contributed by atoms with Crippen LogP contribution in [0.5, 0.6) is 0 Å². The molecule has 416 valence electrons. The van der Waals surface area contributed by atoms with E-state index in [1.807, 2.05) is 0 Å². The third-order valence-electron chi connectivity index (χ3n) is 14.4. The van der Waals surface area contributed by atoms with Gasteiger partial charge in [-0.25, -0.2) is 0 Å². The Labute approximate surface area is 442 Å². The van der Waals surface area contributed by atoms with E-state index in [9.17, 15) is 19.8 Å². The quantitative estimate of drug-likeness (QED) is 0.0321. The highest BCUT2D eigenvalue weighted by Crippen LogP contribution is 2.17. The average Bonchev–Trinajstić information content (AvgIpc) is 3.37. The molecule has 3 N–H and O–H groups in total. The minimum absolute atomic E-state index is 0.00305. The first-order chi connectivity index (χ1) is 35.0. The van der Waals surface area contributed by atoms with Gasteiger partial charge in [-0.05, 0) is 89.9 Å². The number of rotatable bonds is 58. The number of hydrogen-bond acceptors (Lipinski definition) is 5. The second-order valence-electron chi connectivity index (χ2n) is 21.4. The van der Waals surface area contributed by atoms with Crippen LogP contribution < -0.4 is 5.32 Å². The second-order valence-corrected chi connectivity index (χ2v) is 21.4. The molecule has 0 aromatic heterocycles. The minimum atomic E-state index is -0.670. The number of aliphatic hydroxyl groups is 2. The van der Waals surface area contributed by atoms with E-state index in [0.29, 0.717) is 25.9 Å². The zero-order chi connectivity index (χ0) is 51.4. The summed E-state index contributed by atoms with van der Waals surface area (Å²) in [6, 6.07) is -0.549. The molecule has 2 atom stereocenters. The van der Waals surface area contributed by atoms with Gasteiger partial charge < -0.3 is 20.3 Å². The molecular formula is C65H121NO5. The van der Waals surface area contributed by atoms with Crippen LogP contribution in [0.3, 0.4) is 0 Å². The number of carbonyl (C=O) groups is 2. The predicted molar refractivity (Wildman–Crippen MR) is 310 cm³/mol.